The van der Waals surface area contributed by atoms with E-state index in [1.54, 1.807) is 6.07 Å². The summed E-state index contributed by atoms with van der Waals surface area (Å²) in [5, 5.41) is 9.58. The van der Waals surface area contributed by atoms with E-state index in [-0.39, 0.29) is 18.0 Å². The Morgan fingerprint density at radius 3 is 2.84 bits per heavy atom. The van der Waals surface area contributed by atoms with Crippen LogP contribution in [0.5, 0.6) is 0 Å². The number of carbonyl (C=O) groups is 1. The predicted octanol–water partition coefficient (Wildman–Crippen LogP) is 2.88. The van der Waals surface area contributed by atoms with Gasteiger partial charge >= 0.3 is 6.03 Å². The van der Waals surface area contributed by atoms with Crippen LogP contribution in [0.1, 0.15) is 38.4 Å². The van der Waals surface area contributed by atoms with Gasteiger partial charge in [0.2, 0.25) is 0 Å². The molecule has 1 aromatic rings. The molecule has 0 aliphatic heterocycles. The maximum Gasteiger partial charge on any atom is 0.320 e. The van der Waals surface area contributed by atoms with Crippen LogP contribution >= 0.6 is 0 Å². The normalized spacial score (nSPS) is 28.1. The topological polar surface area (TPSA) is 67.2 Å². The lowest BCUT2D eigenvalue weighted by Crippen LogP contribution is -2.40. The summed E-state index contributed by atoms with van der Waals surface area (Å²) in [6.07, 6.45) is 6.69. The zero-order valence-electron chi connectivity index (χ0n) is 11.2. The first-order chi connectivity index (χ1) is 9.11. The Labute approximate surface area is 112 Å². The van der Waals surface area contributed by atoms with Crippen LogP contribution in [-0.4, -0.2) is 17.2 Å². The highest BCUT2D eigenvalue weighted by Gasteiger charge is 2.36. The van der Waals surface area contributed by atoms with Gasteiger partial charge in [-0.3, -0.25) is 5.32 Å². The number of nitrogens with zero attached hydrogens (tertiary/aromatic N) is 1. The molecule has 2 aliphatic carbocycles. The Morgan fingerprint density at radius 2 is 2.26 bits per heavy atom. The third-order valence-corrected chi connectivity index (χ3v) is 3.93. The molecular formula is C14H19N3O2. The second-order valence-corrected chi connectivity index (χ2v) is 5.75. The van der Waals surface area contributed by atoms with Gasteiger partial charge < -0.3 is 9.84 Å². The molecule has 5 nitrogen and oxygen atoms in total. The van der Waals surface area contributed by atoms with E-state index in [2.05, 4.69) is 27.9 Å². The summed E-state index contributed by atoms with van der Waals surface area (Å²) in [7, 11) is 0. The highest BCUT2D eigenvalue weighted by molar-refractivity contribution is 5.88. The smallest absolute Gasteiger partial charge is 0.320 e. The third-order valence-electron chi connectivity index (χ3n) is 3.93. The zero-order chi connectivity index (χ0) is 13.4. The summed E-state index contributed by atoms with van der Waals surface area (Å²) >= 11 is 0. The summed E-state index contributed by atoms with van der Waals surface area (Å²) in [6.45, 7) is 4.04. The minimum Gasteiger partial charge on any atom is -0.359 e. The van der Waals surface area contributed by atoms with Gasteiger partial charge in [-0.1, -0.05) is 31.2 Å². The number of aromatic nitrogens is 1. The van der Waals surface area contributed by atoms with Crippen LogP contribution in [0.2, 0.25) is 0 Å². The van der Waals surface area contributed by atoms with Crippen molar-refractivity contribution < 1.29 is 9.32 Å². The summed E-state index contributed by atoms with van der Waals surface area (Å²) in [6, 6.07) is 1.83. The number of nitrogens with one attached hydrogen (secondary N) is 2. The molecule has 5 heteroatoms. The standard InChI is InChI=1S/C14H19N3O2/c1-8(2)12-7-13(17-19-12)16-14(18)15-11-6-9-3-4-10(11)5-9/h3-4,7-11H,5-6H2,1-2H3,(H2,15,16,17,18). The molecule has 1 fully saturated rings. The second kappa shape index (κ2) is 4.72. The Hall–Kier alpha value is -1.78. The van der Waals surface area contributed by atoms with Gasteiger partial charge in [0.25, 0.3) is 0 Å². The molecule has 2 N–H and O–H groups in total. The van der Waals surface area contributed by atoms with Crippen molar-refractivity contribution in [2.75, 3.05) is 5.32 Å². The molecule has 3 rings (SSSR count). The van der Waals surface area contributed by atoms with Gasteiger partial charge in [-0.15, -0.1) is 0 Å². The largest absolute Gasteiger partial charge is 0.359 e. The van der Waals surface area contributed by atoms with Crippen molar-refractivity contribution in [3.8, 4) is 0 Å². The Morgan fingerprint density at radius 1 is 1.42 bits per heavy atom. The van der Waals surface area contributed by atoms with Crippen LogP contribution in [0.25, 0.3) is 0 Å². The molecule has 102 valence electrons. The molecule has 2 amide bonds. The van der Waals surface area contributed by atoms with Crippen molar-refractivity contribution in [3.05, 3.63) is 24.0 Å². The first kappa shape index (κ1) is 12.3. The van der Waals surface area contributed by atoms with Crippen LogP contribution in [0.15, 0.2) is 22.7 Å². The lowest BCUT2D eigenvalue weighted by atomic mass is 10.0. The second-order valence-electron chi connectivity index (χ2n) is 5.75. The van der Waals surface area contributed by atoms with E-state index in [1.165, 1.54) is 6.42 Å². The highest BCUT2D eigenvalue weighted by atomic mass is 16.5. The molecule has 1 aromatic heterocycles. The number of carbonyl (C=O) groups excluding carboxylic acids is 1. The number of urea groups is 1. The van der Waals surface area contributed by atoms with Crippen molar-refractivity contribution in [1.29, 1.82) is 0 Å². The number of rotatable bonds is 3. The third kappa shape index (κ3) is 2.50. The Kier molecular flexibility index (Phi) is 3.05. The maximum atomic E-state index is 11.9. The van der Waals surface area contributed by atoms with Crippen LogP contribution in [-0.2, 0) is 0 Å². The number of anilines is 1. The average Bonchev–Trinajstić information content (AvgIpc) is 3.03. The van der Waals surface area contributed by atoms with E-state index in [4.69, 9.17) is 4.52 Å². The van der Waals surface area contributed by atoms with E-state index in [0.29, 0.717) is 17.7 Å². The van der Waals surface area contributed by atoms with Crippen LogP contribution < -0.4 is 10.6 Å². The molecule has 0 spiro atoms. The quantitative estimate of drug-likeness (QED) is 0.822. The SMILES string of the molecule is CC(C)c1cc(NC(=O)NC2CC3C=CC2C3)no1. The molecule has 3 atom stereocenters. The maximum absolute atomic E-state index is 11.9. The van der Waals surface area contributed by atoms with Crippen molar-refractivity contribution in [2.45, 2.75) is 38.6 Å². The number of amides is 2. The average molecular weight is 261 g/mol. The monoisotopic (exact) mass is 261 g/mol. The number of hydrogen-bond acceptors (Lipinski definition) is 3. The molecule has 2 aliphatic rings. The van der Waals surface area contributed by atoms with Crippen LogP contribution in [0, 0.1) is 11.8 Å². The lowest BCUT2D eigenvalue weighted by molar-refractivity contribution is 0.246. The van der Waals surface area contributed by atoms with Crippen molar-refractivity contribution in [1.82, 2.24) is 10.5 Å². The number of hydrogen-bond donors (Lipinski definition) is 2. The Balaban J connectivity index is 1.55. The summed E-state index contributed by atoms with van der Waals surface area (Å²) in [4.78, 5) is 11.9. The van der Waals surface area contributed by atoms with E-state index in [9.17, 15) is 4.79 Å². The fourth-order valence-corrected chi connectivity index (χ4v) is 2.89. The molecule has 19 heavy (non-hydrogen) atoms. The van der Waals surface area contributed by atoms with Gasteiger partial charge in [0.15, 0.2) is 5.82 Å². The minimum absolute atomic E-state index is 0.199. The molecule has 1 saturated carbocycles. The predicted molar refractivity (Wildman–Crippen MR) is 71.9 cm³/mol. The fourth-order valence-electron chi connectivity index (χ4n) is 2.89. The number of fused-ring (bicyclic) bond motifs is 2. The molecule has 2 bridgehead atoms. The molecular weight excluding hydrogens is 242 g/mol. The van der Waals surface area contributed by atoms with E-state index in [0.717, 1.165) is 12.2 Å². The van der Waals surface area contributed by atoms with Crippen LogP contribution in [0.4, 0.5) is 10.6 Å². The fraction of sp³-hybridized carbons (Fsp3) is 0.571. The van der Waals surface area contributed by atoms with E-state index >= 15 is 0 Å². The van der Waals surface area contributed by atoms with Crippen LogP contribution in [0.3, 0.4) is 0 Å². The van der Waals surface area contributed by atoms with Gasteiger partial charge in [0.1, 0.15) is 5.76 Å². The molecule has 0 aromatic carbocycles. The van der Waals surface area contributed by atoms with E-state index in [1.807, 2.05) is 13.8 Å². The summed E-state index contributed by atoms with van der Waals surface area (Å²) < 4.78 is 5.14. The van der Waals surface area contributed by atoms with Gasteiger partial charge in [-0.25, -0.2) is 4.79 Å². The molecule has 3 unspecified atom stereocenters. The summed E-state index contributed by atoms with van der Waals surface area (Å²) in [5.74, 6) is 2.66. The van der Waals surface area contributed by atoms with Gasteiger partial charge in [-0.2, -0.15) is 0 Å². The molecule has 0 radical (unpaired) electrons. The Bertz CT molecular complexity index is 507. The number of allylic oxidation sites excluding steroid dienone is 1. The van der Waals surface area contributed by atoms with Crippen molar-refractivity contribution in [3.63, 3.8) is 0 Å². The van der Waals surface area contributed by atoms with Gasteiger partial charge in [-0.05, 0) is 24.7 Å². The van der Waals surface area contributed by atoms with Crippen molar-refractivity contribution >= 4 is 11.8 Å². The first-order valence-corrected chi connectivity index (χ1v) is 6.84. The van der Waals surface area contributed by atoms with E-state index < -0.39 is 0 Å². The molecule has 1 heterocycles. The minimum atomic E-state index is -0.199. The lowest BCUT2D eigenvalue weighted by Gasteiger charge is -2.19. The van der Waals surface area contributed by atoms with Gasteiger partial charge in [0.05, 0.1) is 0 Å². The first-order valence-electron chi connectivity index (χ1n) is 6.84. The summed E-state index contributed by atoms with van der Waals surface area (Å²) in [5.41, 5.74) is 0. The van der Waals surface area contributed by atoms with Gasteiger partial charge in [0, 0.05) is 18.0 Å². The van der Waals surface area contributed by atoms with Crippen molar-refractivity contribution in [2.24, 2.45) is 11.8 Å². The highest BCUT2D eigenvalue weighted by Crippen LogP contribution is 2.38. The molecule has 0 saturated heterocycles. The zero-order valence-corrected chi connectivity index (χ0v) is 11.2.